The van der Waals surface area contributed by atoms with E-state index in [1.807, 2.05) is 30.4 Å². The standard InChI is InChI=1S/C6H10O.C5H10O.4C5H10.C4H8O.C4H8/c1-3-4-5-6(2)7;1-3-4-5(2)6;4*1-3-5-4-2;1-3-4(2)5;1-3-4-2/h3H,1,4-5H2,2H3;3,5-6H,1,4H2,2H3;4*3H,1,4-5H2,2H3;3-5H,1H2,2H3;3H,1,4H2,2H3. The van der Waals surface area contributed by atoms with Crippen molar-refractivity contribution in [2.24, 2.45) is 0 Å². The Hall–Kier alpha value is -2.49. The Bertz CT molecular complexity index is 488. The molecule has 2 N–H and O–H groups in total. The van der Waals surface area contributed by atoms with Gasteiger partial charge in [0.15, 0.2) is 0 Å². The molecule has 0 saturated carbocycles. The fourth-order valence-corrected chi connectivity index (χ4v) is 1.36. The highest BCUT2D eigenvalue weighted by atomic mass is 16.3. The van der Waals surface area contributed by atoms with Crippen LogP contribution in [0.25, 0.3) is 0 Å². The second-order valence-electron chi connectivity index (χ2n) is 8.89. The van der Waals surface area contributed by atoms with Gasteiger partial charge in [-0.05, 0) is 65.7 Å². The van der Waals surface area contributed by atoms with Gasteiger partial charge in [0.25, 0.3) is 0 Å². The molecule has 0 rings (SSSR count). The number of carbonyl (C=O) groups excluding carboxylic acids is 1. The summed E-state index contributed by atoms with van der Waals surface area (Å²) in [6.45, 7) is 43.5. The summed E-state index contributed by atoms with van der Waals surface area (Å²) in [6.07, 6.45) is 26.7. The summed E-state index contributed by atoms with van der Waals surface area (Å²) in [5.74, 6) is 0.236. The van der Waals surface area contributed by atoms with Crippen LogP contribution in [0.1, 0.15) is 132 Å². The number of allylic oxidation sites excluding steroid dienone is 6. The first kappa shape index (κ1) is 59.0. The molecule has 0 saturated heterocycles. The molecule has 0 spiro atoms. The molecule has 250 valence electrons. The monoisotopic (exact) mass is 593 g/mol. The van der Waals surface area contributed by atoms with Crippen LogP contribution < -0.4 is 0 Å². The maximum atomic E-state index is 10.2. The zero-order chi connectivity index (χ0) is 34.9. The Morgan fingerprint density at radius 1 is 0.571 bits per heavy atom. The van der Waals surface area contributed by atoms with Crippen molar-refractivity contribution < 1.29 is 15.0 Å². The third kappa shape index (κ3) is 208. The minimum atomic E-state index is -0.352. The second-order valence-corrected chi connectivity index (χ2v) is 8.89. The Morgan fingerprint density at radius 2 is 0.833 bits per heavy atom. The Labute approximate surface area is 266 Å². The van der Waals surface area contributed by atoms with Crippen molar-refractivity contribution in [2.75, 3.05) is 0 Å². The normalized spacial score (nSPS) is 9.10. The van der Waals surface area contributed by atoms with E-state index < -0.39 is 0 Å². The lowest BCUT2D eigenvalue weighted by atomic mass is 10.2. The lowest BCUT2D eigenvalue weighted by Gasteiger charge is -1.92. The largest absolute Gasteiger partial charge is 0.393 e. The van der Waals surface area contributed by atoms with Crippen LogP contribution in [-0.2, 0) is 4.79 Å². The Kier molecular flexibility index (Phi) is 108. The molecule has 0 aromatic rings. The van der Waals surface area contributed by atoms with Gasteiger partial charge in [-0.2, -0.15) is 0 Å². The Balaban J connectivity index is -0.0000000527. The minimum absolute atomic E-state index is 0.220. The molecule has 0 radical (unpaired) electrons. The van der Waals surface area contributed by atoms with E-state index in [0.717, 1.165) is 38.5 Å². The molecule has 0 aliphatic heterocycles. The third-order valence-corrected chi connectivity index (χ3v) is 3.81. The Morgan fingerprint density at radius 3 is 0.857 bits per heavy atom. The zero-order valence-electron chi connectivity index (χ0n) is 29.7. The van der Waals surface area contributed by atoms with Crippen LogP contribution in [0, 0.1) is 0 Å². The highest BCUT2D eigenvalue weighted by molar-refractivity contribution is 5.75. The van der Waals surface area contributed by atoms with E-state index in [-0.39, 0.29) is 18.0 Å². The van der Waals surface area contributed by atoms with Crippen LogP contribution in [-0.4, -0.2) is 28.2 Å². The van der Waals surface area contributed by atoms with Crippen molar-refractivity contribution in [2.45, 2.75) is 145 Å². The first-order valence-corrected chi connectivity index (χ1v) is 15.6. The van der Waals surface area contributed by atoms with Gasteiger partial charge in [-0.1, -0.05) is 109 Å². The SMILES string of the molecule is C=CC(C)O.C=CCC.C=CCC(C)O.C=CCCC.C=CCCC.C=CCCC.C=CCCC.C=CCCC(C)=O. The number of hydrogen-bond acceptors (Lipinski definition) is 3. The van der Waals surface area contributed by atoms with Crippen LogP contribution in [0.3, 0.4) is 0 Å². The molecular formula is C39H76O3. The first-order chi connectivity index (χ1) is 19.9. The molecule has 0 bridgehead atoms. The average molecular weight is 593 g/mol. The number of ketones is 1. The highest BCUT2D eigenvalue weighted by Crippen LogP contribution is 1.88. The number of carbonyl (C=O) groups is 1. The molecule has 2 unspecified atom stereocenters. The minimum Gasteiger partial charge on any atom is -0.393 e. The van der Waals surface area contributed by atoms with Gasteiger partial charge in [0.2, 0.25) is 0 Å². The maximum Gasteiger partial charge on any atom is 0.130 e. The van der Waals surface area contributed by atoms with Crippen molar-refractivity contribution >= 4 is 5.78 Å². The topological polar surface area (TPSA) is 57.5 Å². The predicted molar refractivity (Wildman–Crippen MR) is 199 cm³/mol. The summed E-state index contributed by atoms with van der Waals surface area (Å²) in [5.41, 5.74) is 0. The van der Waals surface area contributed by atoms with Gasteiger partial charge in [0, 0.05) is 6.42 Å². The molecule has 0 amide bonds. The molecule has 3 heteroatoms. The summed E-state index contributed by atoms with van der Waals surface area (Å²) in [6, 6.07) is 0. The van der Waals surface area contributed by atoms with Crippen molar-refractivity contribution in [3.05, 3.63) is 101 Å². The molecule has 42 heavy (non-hydrogen) atoms. The molecule has 0 aliphatic carbocycles. The summed E-state index contributed by atoms with van der Waals surface area (Å²) in [7, 11) is 0. The molecular weight excluding hydrogens is 516 g/mol. The number of Topliss-reactive ketones (excluding diaryl/α,β-unsaturated/α-hetero) is 1. The molecule has 2 atom stereocenters. The van der Waals surface area contributed by atoms with Crippen LogP contribution >= 0.6 is 0 Å². The van der Waals surface area contributed by atoms with E-state index in [1.54, 1.807) is 32.9 Å². The van der Waals surface area contributed by atoms with Gasteiger partial charge in [-0.15, -0.1) is 52.6 Å². The van der Waals surface area contributed by atoms with Crippen LogP contribution in [0.15, 0.2) is 101 Å². The summed E-state index contributed by atoms with van der Waals surface area (Å²) < 4.78 is 0. The fraction of sp³-hybridized carbons (Fsp3) is 0.564. The van der Waals surface area contributed by atoms with Gasteiger partial charge < -0.3 is 15.0 Å². The molecule has 3 nitrogen and oxygen atoms in total. The van der Waals surface area contributed by atoms with E-state index in [0.29, 0.717) is 12.8 Å². The highest BCUT2D eigenvalue weighted by Gasteiger charge is 1.85. The lowest BCUT2D eigenvalue weighted by Crippen LogP contribution is -1.94. The number of aliphatic hydroxyl groups excluding tert-OH is 2. The summed E-state index contributed by atoms with van der Waals surface area (Å²) in [4.78, 5) is 10.2. The number of hydrogen-bond donors (Lipinski definition) is 2. The van der Waals surface area contributed by atoms with E-state index >= 15 is 0 Å². The van der Waals surface area contributed by atoms with E-state index in [4.69, 9.17) is 10.2 Å². The van der Waals surface area contributed by atoms with E-state index in [1.165, 1.54) is 31.8 Å². The number of unbranched alkanes of at least 4 members (excludes halogenated alkanes) is 4. The summed E-state index contributed by atoms with van der Waals surface area (Å²) >= 11 is 0. The smallest absolute Gasteiger partial charge is 0.130 e. The van der Waals surface area contributed by atoms with Crippen molar-refractivity contribution in [3.8, 4) is 0 Å². The molecule has 0 fully saturated rings. The van der Waals surface area contributed by atoms with Crippen molar-refractivity contribution in [1.82, 2.24) is 0 Å². The van der Waals surface area contributed by atoms with Gasteiger partial charge >= 0.3 is 0 Å². The number of rotatable bonds is 15. The fourth-order valence-electron chi connectivity index (χ4n) is 1.36. The van der Waals surface area contributed by atoms with Crippen LogP contribution in [0.2, 0.25) is 0 Å². The quantitative estimate of drug-likeness (QED) is 0.186. The second kappa shape index (κ2) is 77.1. The summed E-state index contributed by atoms with van der Waals surface area (Å²) in [5, 5.41) is 16.7. The van der Waals surface area contributed by atoms with Gasteiger partial charge in [0.1, 0.15) is 5.78 Å². The predicted octanol–water partition coefficient (Wildman–Crippen LogP) is 12.5. The number of aliphatic hydroxyl groups is 2. The van der Waals surface area contributed by atoms with E-state index in [2.05, 4.69) is 87.3 Å². The molecule has 0 aromatic heterocycles. The molecule has 0 aromatic carbocycles. The first-order valence-electron chi connectivity index (χ1n) is 15.6. The van der Waals surface area contributed by atoms with Crippen LogP contribution in [0.5, 0.6) is 0 Å². The van der Waals surface area contributed by atoms with Gasteiger partial charge in [-0.25, -0.2) is 0 Å². The maximum absolute atomic E-state index is 10.2. The molecule has 0 aliphatic rings. The van der Waals surface area contributed by atoms with Gasteiger partial charge in [0.05, 0.1) is 12.2 Å². The third-order valence-electron chi connectivity index (χ3n) is 3.81. The molecule has 0 heterocycles. The van der Waals surface area contributed by atoms with Crippen LogP contribution in [0.4, 0.5) is 0 Å². The van der Waals surface area contributed by atoms with Crippen molar-refractivity contribution in [3.63, 3.8) is 0 Å². The van der Waals surface area contributed by atoms with Crippen molar-refractivity contribution in [1.29, 1.82) is 0 Å². The van der Waals surface area contributed by atoms with E-state index in [9.17, 15) is 4.79 Å². The van der Waals surface area contributed by atoms with Gasteiger partial charge in [-0.3, -0.25) is 0 Å². The lowest BCUT2D eigenvalue weighted by molar-refractivity contribution is -0.116. The zero-order valence-corrected chi connectivity index (χ0v) is 29.7. The average Bonchev–Trinajstić information content (AvgIpc) is 2.95.